The van der Waals surface area contributed by atoms with Gasteiger partial charge in [-0.3, -0.25) is 0 Å². The van der Waals surface area contributed by atoms with Crippen molar-refractivity contribution in [3.8, 4) is 0 Å². The number of fused-ring (bicyclic) bond motifs is 1. The Balaban J connectivity index is 2.00. The van der Waals surface area contributed by atoms with E-state index in [9.17, 15) is 8.42 Å². The minimum absolute atomic E-state index is 0.0240. The van der Waals surface area contributed by atoms with Gasteiger partial charge < -0.3 is 5.32 Å². The molecule has 1 aromatic heterocycles. The molecule has 4 nitrogen and oxygen atoms in total. The quantitative estimate of drug-likeness (QED) is 0.918. The van der Waals surface area contributed by atoms with Crippen molar-refractivity contribution in [2.75, 3.05) is 11.1 Å². The highest BCUT2D eigenvalue weighted by atomic mass is 32.2. The van der Waals surface area contributed by atoms with Crippen LogP contribution in [-0.4, -0.2) is 19.2 Å². The molecule has 1 aromatic carbocycles. The van der Waals surface area contributed by atoms with Crippen molar-refractivity contribution in [1.29, 1.82) is 0 Å². The van der Waals surface area contributed by atoms with E-state index in [1.54, 1.807) is 18.3 Å². The van der Waals surface area contributed by atoms with Crippen LogP contribution in [0.1, 0.15) is 18.0 Å². The minimum Gasteiger partial charge on any atom is -0.355 e. The van der Waals surface area contributed by atoms with Crippen molar-refractivity contribution in [2.24, 2.45) is 0 Å². The highest BCUT2D eigenvalue weighted by molar-refractivity contribution is 7.91. The lowest BCUT2D eigenvalue weighted by molar-refractivity contribution is 0.576. The molecule has 3 rings (SSSR count). The third kappa shape index (κ3) is 2.02. The molecule has 0 saturated carbocycles. The number of benzene rings is 1. The Labute approximate surface area is 110 Å². The molecule has 1 atom stereocenters. The van der Waals surface area contributed by atoms with Gasteiger partial charge in [0, 0.05) is 11.6 Å². The molecule has 94 valence electrons. The Morgan fingerprint density at radius 3 is 2.94 bits per heavy atom. The molecule has 0 fully saturated rings. The highest BCUT2D eigenvalue weighted by Gasteiger charge is 2.30. The molecule has 1 unspecified atom stereocenters. The van der Waals surface area contributed by atoms with Gasteiger partial charge in [-0.15, -0.1) is 11.3 Å². The normalized spacial score (nSPS) is 21.2. The number of anilines is 1. The molecule has 2 heterocycles. The molecular weight excluding hydrogens is 268 g/mol. The molecule has 0 amide bonds. The van der Waals surface area contributed by atoms with Gasteiger partial charge in [0.1, 0.15) is 0 Å². The van der Waals surface area contributed by atoms with Gasteiger partial charge >= 0.3 is 0 Å². The predicted molar refractivity (Wildman–Crippen MR) is 71.6 cm³/mol. The summed E-state index contributed by atoms with van der Waals surface area (Å²) in [5.74, 6) is 0.188. The van der Waals surface area contributed by atoms with Gasteiger partial charge in [0.05, 0.1) is 16.7 Å². The van der Waals surface area contributed by atoms with E-state index in [1.807, 2.05) is 17.5 Å². The fourth-order valence-electron chi connectivity index (χ4n) is 2.18. The van der Waals surface area contributed by atoms with E-state index in [0.29, 0.717) is 11.3 Å². The molecule has 18 heavy (non-hydrogen) atoms. The Morgan fingerprint density at radius 2 is 2.17 bits per heavy atom. The van der Waals surface area contributed by atoms with E-state index in [4.69, 9.17) is 0 Å². The van der Waals surface area contributed by atoms with E-state index in [0.717, 1.165) is 10.7 Å². The van der Waals surface area contributed by atoms with Crippen molar-refractivity contribution >= 4 is 26.3 Å². The van der Waals surface area contributed by atoms with Crippen LogP contribution in [0.4, 0.5) is 5.13 Å². The number of hydrogen-bond acceptors (Lipinski definition) is 5. The van der Waals surface area contributed by atoms with Gasteiger partial charge in [-0.1, -0.05) is 18.2 Å². The maximum atomic E-state index is 12.0. The fourth-order valence-corrected chi connectivity index (χ4v) is 4.39. The first-order valence-electron chi connectivity index (χ1n) is 5.64. The van der Waals surface area contributed by atoms with Crippen LogP contribution < -0.4 is 5.32 Å². The average Bonchev–Trinajstić information content (AvgIpc) is 2.86. The number of thiazole rings is 1. The van der Waals surface area contributed by atoms with Crippen LogP contribution in [0.3, 0.4) is 0 Å². The maximum absolute atomic E-state index is 12.0. The van der Waals surface area contributed by atoms with Gasteiger partial charge in [-0.25, -0.2) is 13.4 Å². The van der Waals surface area contributed by atoms with Crippen LogP contribution in [-0.2, 0) is 9.84 Å². The monoisotopic (exact) mass is 280 g/mol. The molecule has 1 aliphatic heterocycles. The van der Waals surface area contributed by atoms with Crippen LogP contribution in [0.15, 0.2) is 40.7 Å². The van der Waals surface area contributed by atoms with E-state index < -0.39 is 9.84 Å². The molecule has 0 radical (unpaired) electrons. The predicted octanol–water partition coefficient (Wildman–Crippen LogP) is 2.47. The van der Waals surface area contributed by atoms with Gasteiger partial charge in [-0.2, -0.15) is 0 Å². The Bertz CT molecular complexity index is 650. The maximum Gasteiger partial charge on any atom is 0.183 e. The fraction of sp³-hybridized carbons (Fsp3) is 0.250. The second-order valence-corrected chi connectivity index (χ2v) is 7.15. The molecule has 0 aliphatic carbocycles. The first kappa shape index (κ1) is 11.7. The summed E-state index contributed by atoms with van der Waals surface area (Å²) in [4.78, 5) is 4.63. The number of nitrogens with one attached hydrogen (secondary N) is 1. The molecule has 0 bridgehead atoms. The molecule has 1 N–H and O–H groups in total. The van der Waals surface area contributed by atoms with Crippen LogP contribution in [0.25, 0.3) is 0 Å². The van der Waals surface area contributed by atoms with Crippen molar-refractivity contribution in [1.82, 2.24) is 4.98 Å². The second-order valence-electron chi connectivity index (χ2n) is 4.18. The highest BCUT2D eigenvalue weighted by Crippen LogP contribution is 2.34. The summed E-state index contributed by atoms with van der Waals surface area (Å²) >= 11 is 1.52. The zero-order valence-corrected chi connectivity index (χ0v) is 11.2. The Hall–Kier alpha value is -1.40. The van der Waals surface area contributed by atoms with Gasteiger partial charge in [0.25, 0.3) is 0 Å². The Kier molecular flexibility index (Phi) is 2.83. The van der Waals surface area contributed by atoms with Crippen LogP contribution >= 0.6 is 11.3 Å². The van der Waals surface area contributed by atoms with Gasteiger partial charge in [-0.05, 0) is 18.1 Å². The summed E-state index contributed by atoms with van der Waals surface area (Å²) in [7, 11) is -3.11. The van der Waals surface area contributed by atoms with Crippen molar-refractivity contribution in [3.05, 3.63) is 41.4 Å². The molecule has 0 saturated heterocycles. The van der Waals surface area contributed by atoms with E-state index >= 15 is 0 Å². The number of aromatic nitrogens is 1. The zero-order chi connectivity index (χ0) is 12.6. The standard InChI is InChI=1S/C12H12N2O2S2/c15-18(16)8-5-10(14-12-13-6-7-17-12)9-3-1-2-4-11(9)18/h1-4,6-7,10H,5,8H2,(H,13,14). The third-order valence-corrected chi connectivity index (χ3v) is 5.55. The van der Waals surface area contributed by atoms with Crippen LogP contribution in [0.5, 0.6) is 0 Å². The number of rotatable bonds is 2. The summed E-state index contributed by atoms with van der Waals surface area (Å²) in [6.45, 7) is 0. The topological polar surface area (TPSA) is 59.1 Å². The smallest absolute Gasteiger partial charge is 0.183 e. The SMILES string of the molecule is O=S1(=O)CCC(Nc2nccs2)c2ccccc21. The van der Waals surface area contributed by atoms with Crippen molar-refractivity contribution in [3.63, 3.8) is 0 Å². The number of sulfone groups is 1. The summed E-state index contributed by atoms with van der Waals surface area (Å²) < 4.78 is 24.0. The van der Waals surface area contributed by atoms with E-state index in [-0.39, 0.29) is 11.8 Å². The van der Waals surface area contributed by atoms with E-state index in [2.05, 4.69) is 10.3 Å². The van der Waals surface area contributed by atoms with Crippen LogP contribution in [0.2, 0.25) is 0 Å². The van der Waals surface area contributed by atoms with Crippen molar-refractivity contribution in [2.45, 2.75) is 17.4 Å². The molecule has 2 aromatic rings. The third-order valence-electron chi connectivity index (χ3n) is 3.03. The molecular formula is C12H12N2O2S2. The van der Waals surface area contributed by atoms with Gasteiger partial charge in [0.15, 0.2) is 15.0 Å². The van der Waals surface area contributed by atoms with Crippen molar-refractivity contribution < 1.29 is 8.42 Å². The number of nitrogens with zero attached hydrogens (tertiary/aromatic N) is 1. The first-order valence-corrected chi connectivity index (χ1v) is 8.18. The lowest BCUT2D eigenvalue weighted by Gasteiger charge is -2.25. The lowest BCUT2D eigenvalue weighted by Crippen LogP contribution is -2.24. The zero-order valence-electron chi connectivity index (χ0n) is 9.54. The van der Waals surface area contributed by atoms with Crippen LogP contribution in [0, 0.1) is 0 Å². The van der Waals surface area contributed by atoms with E-state index in [1.165, 1.54) is 11.3 Å². The Morgan fingerprint density at radius 1 is 1.33 bits per heavy atom. The lowest BCUT2D eigenvalue weighted by atomic mass is 10.0. The molecule has 0 spiro atoms. The van der Waals surface area contributed by atoms with Gasteiger partial charge in [0.2, 0.25) is 0 Å². The molecule has 6 heteroatoms. The first-order chi connectivity index (χ1) is 8.67. The second kappa shape index (κ2) is 4.37. The minimum atomic E-state index is -3.11. The summed E-state index contributed by atoms with van der Waals surface area (Å²) in [6.07, 6.45) is 2.32. The largest absolute Gasteiger partial charge is 0.355 e. The average molecular weight is 280 g/mol. The summed E-state index contributed by atoms with van der Waals surface area (Å²) in [6, 6.07) is 7.21. The summed E-state index contributed by atoms with van der Waals surface area (Å²) in [5, 5.41) is 6.02. The molecule has 1 aliphatic rings. The summed E-state index contributed by atoms with van der Waals surface area (Å²) in [5.41, 5.74) is 0.846. The number of hydrogen-bond donors (Lipinski definition) is 1.